The van der Waals surface area contributed by atoms with Crippen LogP contribution in [-0.4, -0.2) is 51.7 Å². The maximum Gasteiger partial charge on any atom is 0.253 e. The lowest BCUT2D eigenvalue weighted by Gasteiger charge is -2.30. The molecule has 0 spiro atoms. The highest BCUT2D eigenvalue weighted by Gasteiger charge is 2.31. The van der Waals surface area contributed by atoms with Crippen molar-refractivity contribution in [2.45, 2.75) is 30.1 Å². The fraction of sp³-hybridized carbons (Fsp3) is 0.692. The van der Waals surface area contributed by atoms with E-state index in [9.17, 15) is 8.42 Å². The SMILES string of the molecule is CCOCCOC1CCN(S(=O)(=O)c2sccc2Br)CC1. The number of hydrogen-bond donors (Lipinski definition) is 0. The highest BCUT2D eigenvalue weighted by Crippen LogP contribution is 2.31. The second-order valence-corrected chi connectivity index (χ2v) is 8.63. The molecule has 1 aromatic heterocycles. The van der Waals surface area contributed by atoms with Gasteiger partial charge in [-0.2, -0.15) is 4.31 Å². The number of thiophene rings is 1. The number of nitrogens with zero attached hydrogens (tertiary/aromatic N) is 1. The van der Waals surface area contributed by atoms with Crippen LogP contribution in [0.2, 0.25) is 0 Å². The predicted molar refractivity (Wildman–Crippen MR) is 86.2 cm³/mol. The zero-order valence-corrected chi connectivity index (χ0v) is 15.2. The van der Waals surface area contributed by atoms with Gasteiger partial charge >= 0.3 is 0 Å². The number of sulfonamides is 1. The molecule has 0 radical (unpaired) electrons. The minimum absolute atomic E-state index is 0.128. The van der Waals surface area contributed by atoms with Crippen LogP contribution in [0.25, 0.3) is 0 Å². The molecule has 0 N–H and O–H groups in total. The van der Waals surface area contributed by atoms with Gasteiger partial charge in [-0.3, -0.25) is 0 Å². The van der Waals surface area contributed by atoms with E-state index in [-0.39, 0.29) is 6.10 Å². The smallest absolute Gasteiger partial charge is 0.253 e. The fourth-order valence-corrected chi connectivity index (χ4v) is 6.16. The van der Waals surface area contributed by atoms with Crippen LogP contribution >= 0.6 is 27.3 Å². The number of halogens is 1. The van der Waals surface area contributed by atoms with Crippen molar-refractivity contribution < 1.29 is 17.9 Å². The van der Waals surface area contributed by atoms with Crippen LogP contribution in [0.1, 0.15) is 19.8 Å². The summed E-state index contributed by atoms with van der Waals surface area (Å²) in [5, 5.41) is 1.78. The molecule has 5 nitrogen and oxygen atoms in total. The summed E-state index contributed by atoms with van der Waals surface area (Å²) in [7, 11) is -3.38. The highest BCUT2D eigenvalue weighted by atomic mass is 79.9. The maximum absolute atomic E-state index is 12.5. The number of hydrogen-bond acceptors (Lipinski definition) is 5. The molecule has 0 amide bonds. The average Bonchev–Trinajstić information content (AvgIpc) is 2.91. The molecule has 21 heavy (non-hydrogen) atoms. The molecule has 0 bridgehead atoms. The van der Waals surface area contributed by atoms with Crippen molar-refractivity contribution >= 4 is 37.3 Å². The van der Waals surface area contributed by atoms with Crippen LogP contribution < -0.4 is 0 Å². The molecule has 1 aromatic rings. The van der Waals surface area contributed by atoms with E-state index >= 15 is 0 Å². The monoisotopic (exact) mass is 397 g/mol. The van der Waals surface area contributed by atoms with E-state index in [1.807, 2.05) is 6.92 Å². The number of ether oxygens (including phenoxy) is 2. The van der Waals surface area contributed by atoms with Crippen molar-refractivity contribution in [2.75, 3.05) is 32.9 Å². The maximum atomic E-state index is 12.5. The lowest BCUT2D eigenvalue weighted by Crippen LogP contribution is -2.40. The summed E-state index contributed by atoms with van der Waals surface area (Å²) >= 11 is 4.54. The van der Waals surface area contributed by atoms with Crippen LogP contribution in [0.15, 0.2) is 20.1 Å². The van der Waals surface area contributed by atoms with Crippen molar-refractivity contribution in [1.82, 2.24) is 4.31 Å². The Bertz CT molecular complexity index is 538. The third-order valence-corrected chi connectivity index (χ3v) is 7.89. The van der Waals surface area contributed by atoms with E-state index in [0.717, 1.165) is 12.8 Å². The molecule has 8 heteroatoms. The Kier molecular flexibility index (Phi) is 6.64. The summed E-state index contributed by atoms with van der Waals surface area (Å²) in [5.74, 6) is 0. The van der Waals surface area contributed by atoms with Gasteiger partial charge in [-0.15, -0.1) is 11.3 Å². The highest BCUT2D eigenvalue weighted by molar-refractivity contribution is 9.10. The van der Waals surface area contributed by atoms with Crippen LogP contribution in [0.4, 0.5) is 0 Å². The molecule has 0 aromatic carbocycles. The summed E-state index contributed by atoms with van der Waals surface area (Å²) < 4.78 is 38.6. The standard InChI is InChI=1S/C13H20BrNO4S2/c1-2-18-8-9-19-11-3-6-15(7-4-11)21(16,17)13-12(14)5-10-20-13/h5,10-11H,2-4,6-9H2,1H3. The van der Waals surface area contributed by atoms with Crippen LogP contribution in [0.3, 0.4) is 0 Å². The Labute approximate surface area is 138 Å². The molecule has 2 heterocycles. The van der Waals surface area contributed by atoms with Crippen molar-refractivity contribution in [3.05, 3.63) is 15.9 Å². The van der Waals surface area contributed by atoms with Gasteiger partial charge in [-0.25, -0.2) is 8.42 Å². The molecular weight excluding hydrogens is 378 g/mol. The van der Waals surface area contributed by atoms with Gasteiger partial charge in [0.1, 0.15) is 4.21 Å². The first kappa shape index (κ1) is 17.4. The van der Waals surface area contributed by atoms with Gasteiger partial charge in [0.15, 0.2) is 0 Å². The molecule has 120 valence electrons. The molecule has 1 aliphatic rings. The second-order valence-electron chi connectivity index (χ2n) is 4.73. The molecule has 2 rings (SSSR count). The van der Waals surface area contributed by atoms with Crippen molar-refractivity contribution in [3.63, 3.8) is 0 Å². The van der Waals surface area contributed by atoms with Crippen molar-refractivity contribution in [3.8, 4) is 0 Å². The molecule has 0 aliphatic carbocycles. The minimum Gasteiger partial charge on any atom is -0.379 e. The number of rotatable bonds is 7. The minimum atomic E-state index is -3.38. The lowest BCUT2D eigenvalue weighted by atomic mass is 10.1. The van der Waals surface area contributed by atoms with Crippen LogP contribution in [-0.2, 0) is 19.5 Å². The zero-order valence-electron chi connectivity index (χ0n) is 12.0. The Hall–Kier alpha value is 0.01000. The Morgan fingerprint density at radius 3 is 2.67 bits per heavy atom. The third-order valence-electron chi connectivity index (χ3n) is 3.34. The first-order valence-corrected chi connectivity index (χ1v) is 10.1. The zero-order chi connectivity index (χ0) is 15.3. The van der Waals surface area contributed by atoms with Gasteiger partial charge in [0.25, 0.3) is 10.0 Å². The quantitative estimate of drug-likeness (QED) is 0.663. The number of piperidine rings is 1. The van der Waals surface area contributed by atoms with Gasteiger partial charge < -0.3 is 9.47 Å². The van der Waals surface area contributed by atoms with E-state index in [0.29, 0.717) is 41.6 Å². The summed E-state index contributed by atoms with van der Waals surface area (Å²) in [4.78, 5) is 0. The largest absolute Gasteiger partial charge is 0.379 e. The van der Waals surface area contributed by atoms with Gasteiger partial charge in [-0.1, -0.05) is 0 Å². The predicted octanol–water partition coefficient (Wildman–Crippen LogP) is 2.72. The summed E-state index contributed by atoms with van der Waals surface area (Å²) in [5.41, 5.74) is 0. The normalized spacial score (nSPS) is 18.2. The van der Waals surface area contributed by atoms with Gasteiger partial charge in [0, 0.05) is 24.2 Å². The fourth-order valence-electron chi connectivity index (χ4n) is 2.24. The molecule has 0 saturated carbocycles. The average molecular weight is 398 g/mol. The van der Waals surface area contributed by atoms with Crippen LogP contribution in [0, 0.1) is 0 Å². The third kappa shape index (κ3) is 4.49. The summed E-state index contributed by atoms with van der Waals surface area (Å²) in [6, 6.07) is 1.77. The molecule has 1 aliphatic heterocycles. The molecular formula is C13H20BrNO4S2. The topological polar surface area (TPSA) is 55.8 Å². The van der Waals surface area contributed by atoms with Gasteiger partial charge in [0.2, 0.25) is 0 Å². The molecule has 1 fully saturated rings. The van der Waals surface area contributed by atoms with E-state index in [1.54, 1.807) is 15.8 Å². The van der Waals surface area contributed by atoms with Crippen LogP contribution in [0.5, 0.6) is 0 Å². The Morgan fingerprint density at radius 2 is 2.10 bits per heavy atom. The first-order chi connectivity index (χ1) is 10.1. The Morgan fingerprint density at radius 1 is 1.38 bits per heavy atom. The van der Waals surface area contributed by atoms with E-state index < -0.39 is 10.0 Å². The summed E-state index contributed by atoms with van der Waals surface area (Å²) in [6.45, 7) is 4.82. The van der Waals surface area contributed by atoms with Crippen molar-refractivity contribution in [1.29, 1.82) is 0 Å². The second kappa shape index (κ2) is 8.03. The van der Waals surface area contributed by atoms with E-state index in [1.165, 1.54) is 11.3 Å². The summed E-state index contributed by atoms with van der Waals surface area (Å²) in [6.07, 6.45) is 1.59. The van der Waals surface area contributed by atoms with Crippen molar-refractivity contribution in [2.24, 2.45) is 0 Å². The van der Waals surface area contributed by atoms with Gasteiger partial charge in [0.05, 0.1) is 19.3 Å². The first-order valence-electron chi connectivity index (χ1n) is 6.98. The lowest BCUT2D eigenvalue weighted by molar-refractivity contribution is -0.0121. The van der Waals surface area contributed by atoms with Gasteiger partial charge in [-0.05, 0) is 47.1 Å². The molecule has 0 atom stereocenters. The molecule has 1 saturated heterocycles. The molecule has 0 unspecified atom stereocenters. The van der Waals surface area contributed by atoms with E-state index in [2.05, 4.69) is 15.9 Å². The Balaban J connectivity index is 1.85. The van der Waals surface area contributed by atoms with E-state index in [4.69, 9.17) is 9.47 Å².